The number of amides is 1. The molecule has 1 amide bonds. The molecule has 1 fully saturated rings. The molecule has 3 rings (SSSR count). The second kappa shape index (κ2) is 14.9. The number of nitrogens with one attached hydrogen (secondary N) is 4. The molecule has 9 nitrogen and oxygen atoms in total. The van der Waals surface area contributed by atoms with Crippen molar-refractivity contribution in [2.24, 2.45) is 12.8 Å². The van der Waals surface area contributed by atoms with E-state index in [-0.39, 0.29) is 5.56 Å². The van der Waals surface area contributed by atoms with Crippen LogP contribution in [0.4, 0.5) is 14.5 Å². The minimum absolute atomic E-state index is 0.0587. The summed E-state index contributed by atoms with van der Waals surface area (Å²) in [4.78, 5) is 13.2. The van der Waals surface area contributed by atoms with Crippen LogP contribution in [0.5, 0.6) is 0 Å². The first-order chi connectivity index (χ1) is 18.8. The van der Waals surface area contributed by atoms with Crippen molar-refractivity contribution in [2.75, 3.05) is 45.6 Å². The molecule has 0 spiro atoms. The van der Waals surface area contributed by atoms with Gasteiger partial charge in [0, 0.05) is 61.3 Å². The molecule has 216 valence electrons. The molecule has 1 aliphatic heterocycles. The van der Waals surface area contributed by atoms with Gasteiger partial charge in [-0.15, -0.1) is 0 Å². The molecule has 2 heterocycles. The Labute approximate surface area is 230 Å². The predicted molar refractivity (Wildman–Crippen MR) is 152 cm³/mol. The summed E-state index contributed by atoms with van der Waals surface area (Å²) in [7, 11) is 5.74. The molecule has 6 N–H and O–H groups in total. The average Bonchev–Trinajstić information content (AvgIpc) is 3.34. The van der Waals surface area contributed by atoms with Gasteiger partial charge in [-0.2, -0.15) is 5.10 Å². The van der Waals surface area contributed by atoms with Crippen LogP contribution in [0, 0.1) is 0 Å². The Morgan fingerprint density at radius 2 is 2.00 bits per heavy atom. The van der Waals surface area contributed by atoms with Crippen molar-refractivity contribution >= 4 is 12.1 Å². The summed E-state index contributed by atoms with van der Waals surface area (Å²) >= 11 is 0. The number of alkyl halides is 2. The maximum absolute atomic E-state index is 14.3. The maximum atomic E-state index is 14.3. The second-order valence-corrected chi connectivity index (χ2v) is 10.2. The van der Waals surface area contributed by atoms with Crippen molar-refractivity contribution in [1.29, 1.82) is 0 Å². The number of nitrogens with zero attached hydrogens (tertiary/aromatic N) is 3. The van der Waals surface area contributed by atoms with Gasteiger partial charge < -0.3 is 31.9 Å². The summed E-state index contributed by atoms with van der Waals surface area (Å²) in [6.45, 7) is 5.04. The molecule has 0 radical (unpaired) electrons. The summed E-state index contributed by atoms with van der Waals surface area (Å²) in [5, 5.41) is 17.2. The van der Waals surface area contributed by atoms with Crippen LogP contribution in [0.2, 0.25) is 0 Å². The van der Waals surface area contributed by atoms with Crippen molar-refractivity contribution in [1.82, 2.24) is 30.6 Å². The quantitative estimate of drug-likeness (QED) is 0.133. The lowest BCUT2D eigenvalue weighted by Gasteiger charge is -2.33. The van der Waals surface area contributed by atoms with E-state index in [9.17, 15) is 13.6 Å². The smallest absolute Gasteiger partial charge is 0.264 e. The minimum Gasteiger partial charge on any atom is -0.385 e. The number of carbonyl (C=O) groups excluding carboxylic acids is 1. The first-order valence-corrected chi connectivity index (χ1v) is 13.7. The van der Waals surface area contributed by atoms with Gasteiger partial charge in [-0.05, 0) is 75.3 Å². The molecule has 2 aromatic rings. The van der Waals surface area contributed by atoms with Crippen LogP contribution in [0.1, 0.15) is 50.2 Å². The van der Waals surface area contributed by atoms with Gasteiger partial charge in [-0.1, -0.05) is 13.3 Å². The van der Waals surface area contributed by atoms with Gasteiger partial charge in [0.2, 0.25) is 6.41 Å². The minimum atomic E-state index is -2.66. The Morgan fingerprint density at radius 1 is 1.26 bits per heavy atom. The van der Waals surface area contributed by atoms with E-state index < -0.39 is 12.6 Å². The van der Waals surface area contributed by atoms with E-state index in [0.717, 1.165) is 49.2 Å². The standard InChI is InChI=1S/C28H44F2N8O/c1-5-6-19-13-22(20-15-34-38(4)17-20)23(27(29)30)14-26(19)36-28(31)24(16-32-2)25(7-10-33-18-39)35-21-8-11-37(3)12-9-21/h13-15,17-18,21,27-28,32,35-36H,5-12,16,31H2,1-4H3,(H,33,39)/b25-24-. The third kappa shape index (κ3) is 8.48. The van der Waals surface area contributed by atoms with Crippen molar-refractivity contribution < 1.29 is 13.6 Å². The summed E-state index contributed by atoms with van der Waals surface area (Å²) in [5.74, 6) is 0. The lowest BCUT2D eigenvalue weighted by atomic mass is 9.95. The number of hydrogen-bond acceptors (Lipinski definition) is 7. The molecule has 1 unspecified atom stereocenters. The molecule has 11 heteroatoms. The number of nitrogens with two attached hydrogens (primary N) is 1. The normalized spacial score (nSPS) is 16.2. The summed E-state index contributed by atoms with van der Waals surface area (Å²) in [6, 6.07) is 3.67. The molecule has 0 bridgehead atoms. The Bertz CT molecular complexity index is 1100. The fourth-order valence-electron chi connectivity index (χ4n) is 5.09. The lowest BCUT2D eigenvalue weighted by molar-refractivity contribution is -0.109. The number of piperidine rings is 1. The number of hydrogen-bond donors (Lipinski definition) is 5. The van der Waals surface area contributed by atoms with Crippen LogP contribution < -0.4 is 27.0 Å². The molecule has 0 saturated carbocycles. The van der Waals surface area contributed by atoms with Gasteiger partial charge >= 0.3 is 0 Å². The van der Waals surface area contributed by atoms with Crippen LogP contribution >= 0.6 is 0 Å². The highest BCUT2D eigenvalue weighted by Crippen LogP contribution is 2.36. The highest BCUT2D eigenvalue weighted by atomic mass is 19.3. The molecule has 1 saturated heterocycles. The summed E-state index contributed by atoms with van der Waals surface area (Å²) in [6.07, 6.45) is 4.91. The predicted octanol–water partition coefficient (Wildman–Crippen LogP) is 2.97. The molecule has 0 aliphatic carbocycles. The van der Waals surface area contributed by atoms with E-state index in [0.29, 0.717) is 55.2 Å². The van der Waals surface area contributed by atoms with Crippen molar-refractivity contribution in [3.63, 3.8) is 0 Å². The van der Waals surface area contributed by atoms with Gasteiger partial charge in [-0.3, -0.25) is 9.48 Å². The molecule has 1 aliphatic rings. The fraction of sp³-hybridized carbons (Fsp3) is 0.571. The molecular formula is C28H44F2N8O. The Balaban J connectivity index is 1.98. The van der Waals surface area contributed by atoms with Crippen LogP contribution in [0.15, 0.2) is 35.8 Å². The van der Waals surface area contributed by atoms with Crippen LogP contribution in [-0.2, 0) is 18.3 Å². The van der Waals surface area contributed by atoms with E-state index >= 15 is 0 Å². The number of rotatable bonds is 15. The van der Waals surface area contributed by atoms with E-state index in [4.69, 9.17) is 5.73 Å². The first kappa shape index (κ1) is 30.5. The zero-order valence-corrected chi connectivity index (χ0v) is 23.6. The average molecular weight is 547 g/mol. The Hall–Kier alpha value is -3.02. The number of halogens is 2. The highest BCUT2D eigenvalue weighted by molar-refractivity contribution is 5.72. The third-order valence-corrected chi connectivity index (χ3v) is 7.19. The molecule has 1 aromatic carbocycles. The third-order valence-electron chi connectivity index (χ3n) is 7.19. The summed E-state index contributed by atoms with van der Waals surface area (Å²) < 4.78 is 30.1. The van der Waals surface area contributed by atoms with Crippen molar-refractivity contribution in [3.05, 3.63) is 46.9 Å². The zero-order valence-electron chi connectivity index (χ0n) is 23.6. The number of anilines is 1. The number of carbonyl (C=O) groups is 1. The molecule has 39 heavy (non-hydrogen) atoms. The lowest BCUT2D eigenvalue weighted by Crippen LogP contribution is -2.44. The largest absolute Gasteiger partial charge is 0.385 e. The highest BCUT2D eigenvalue weighted by Gasteiger charge is 2.23. The van der Waals surface area contributed by atoms with Crippen LogP contribution in [-0.4, -0.2) is 73.6 Å². The number of aryl methyl sites for hydroxylation is 2. The van der Waals surface area contributed by atoms with Gasteiger partial charge in [0.1, 0.15) is 0 Å². The van der Waals surface area contributed by atoms with Crippen molar-refractivity contribution in [2.45, 2.75) is 57.7 Å². The van der Waals surface area contributed by atoms with E-state index in [1.54, 1.807) is 24.1 Å². The van der Waals surface area contributed by atoms with Gasteiger partial charge in [0.05, 0.1) is 12.4 Å². The van der Waals surface area contributed by atoms with E-state index in [2.05, 4.69) is 45.2 Å². The Kier molecular flexibility index (Phi) is 11.7. The maximum Gasteiger partial charge on any atom is 0.264 e. The second-order valence-electron chi connectivity index (χ2n) is 10.2. The fourth-order valence-corrected chi connectivity index (χ4v) is 5.09. The number of aromatic nitrogens is 2. The molecular weight excluding hydrogens is 502 g/mol. The van der Waals surface area contributed by atoms with Crippen LogP contribution in [0.3, 0.4) is 0 Å². The monoisotopic (exact) mass is 546 g/mol. The van der Waals surface area contributed by atoms with Gasteiger partial charge in [0.15, 0.2) is 0 Å². The van der Waals surface area contributed by atoms with Crippen LogP contribution in [0.25, 0.3) is 11.1 Å². The van der Waals surface area contributed by atoms with Gasteiger partial charge in [0.25, 0.3) is 6.43 Å². The number of likely N-dealkylation sites (N-methyl/N-ethyl adjacent to an activating group) is 1. The Morgan fingerprint density at radius 3 is 2.59 bits per heavy atom. The SMILES string of the molecule is CCCc1cc(-c2cnn(C)c2)c(C(F)F)cc1NC(N)/C(CNC)=C(/CCNC=O)NC1CCN(C)CC1. The molecule has 1 aromatic heterocycles. The van der Waals surface area contributed by atoms with E-state index in [1.165, 1.54) is 6.07 Å². The topological polar surface area (TPSA) is 112 Å². The molecule has 1 atom stereocenters. The van der Waals surface area contributed by atoms with E-state index in [1.807, 2.05) is 13.1 Å². The number of likely N-dealkylation sites (tertiary alicyclic amines) is 1. The van der Waals surface area contributed by atoms with Crippen molar-refractivity contribution in [3.8, 4) is 11.1 Å². The van der Waals surface area contributed by atoms with Gasteiger partial charge in [-0.25, -0.2) is 8.78 Å². The zero-order chi connectivity index (χ0) is 28.4. The summed E-state index contributed by atoms with van der Waals surface area (Å²) in [5.41, 5.74) is 11.2. The first-order valence-electron chi connectivity index (χ1n) is 13.7. The number of benzene rings is 1.